The highest BCUT2D eigenvalue weighted by atomic mass is 16.2. The van der Waals surface area contributed by atoms with Gasteiger partial charge in [0.2, 0.25) is 5.91 Å². The fourth-order valence-corrected chi connectivity index (χ4v) is 3.21. The van der Waals surface area contributed by atoms with Crippen molar-refractivity contribution < 1.29 is 4.79 Å². The van der Waals surface area contributed by atoms with Gasteiger partial charge in [-0.3, -0.25) is 4.79 Å². The van der Waals surface area contributed by atoms with E-state index in [0.29, 0.717) is 12.5 Å². The molecule has 1 fully saturated rings. The lowest BCUT2D eigenvalue weighted by atomic mass is 10.2. The lowest BCUT2D eigenvalue weighted by molar-refractivity contribution is -0.128. The molecule has 1 saturated heterocycles. The lowest BCUT2D eigenvalue weighted by Crippen LogP contribution is -2.44. The van der Waals surface area contributed by atoms with Gasteiger partial charge in [-0.1, -0.05) is 0 Å². The Hall–Kier alpha value is -2.12. The SMILES string of the molecule is CCNC(=NCc1nnc2n1CCCC2)NCC(=O)N1CCCC1. The van der Waals surface area contributed by atoms with Crippen molar-refractivity contribution in [3.05, 3.63) is 11.6 Å². The molecular weight excluding hydrogens is 306 g/mol. The highest BCUT2D eigenvalue weighted by Crippen LogP contribution is 2.14. The summed E-state index contributed by atoms with van der Waals surface area (Å²) in [6.45, 7) is 6.24. The number of fused-ring (bicyclic) bond motifs is 1. The molecule has 0 aliphatic carbocycles. The molecule has 0 spiro atoms. The number of carbonyl (C=O) groups excluding carboxylic acids is 1. The van der Waals surface area contributed by atoms with Gasteiger partial charge in [0, 0.05) is 32.6 Å². The van der Waals surface area contributed by atoms with Crippen molar-refractivity contribution in [2.24, 2.45) is 4.99 Å². The summed E-state index contributed by atoms with van der Waals surface area (Å²) < 4.78 is 2.17. The van der Waals surface area contributed by atoms with Gasteiger partial charge in [-0.05, 0) is 32.6 Å². The number of amides is 1. The first-order valence-corrected chi connectivity index (χ1v) is 8.99. The van der Waals surface area contributed by atoms with Crippen molar-refractivity contribution in [2.45, 2.75) is 52.1 Å². The molecule has 1 amide bonds. The van der Waals surface area contributed by atoms with E-state index in [9.17, 15) is 4.79 Å². The van der Waals surface area contributed by atoms with Gasteiger partial charge in [0.25, 0.3) is 0 Å². The molecule has 1 aromatic rings. The molecule has 0 aromatic carbocycles. The zero-order valence-electron chi connectivity index (χ0n) is 14.4. The molecule has 0 atom stereocenters. The number of aromatic nitrogens is 3. The fraction of sp³-hybridized carbons (Fsp3) is 0.750. The van der Waals surface area contributed by atoms with E-state index in [1.165, 1.54) is 12.8 Å². The molecule has 2 aliphatic heterocycles. The maximum atomic E-state index is 12.1. The Labute approximate surface area is 142 Å². The molecule has 132 valence electrons. The standard InChI is InChI=1S/C16H27N7O/c1-2-17-16(19-12-15(24)22-8-5-6-9-22)18-11-14-21-20-13-7-3-4-10-23(13)14/h2-12H2,1H3,(H2,17,18,19). The summed E-state index contributed by atoms with van der Waals surface area (Å²) in [5, 5.41) is 14.8. The second-order valence-corrected chi connectivity index (χ2v) is 6.28. The summed E-state index contributed by atoms with van der Waals surface area (Å²) in [6, 6.07) is 0. The predicted octanol–water partition coefficient (Wildman–Crippen LogP) is 0.292. The third-order valence-corrected chi connectivity index (χ3v) is 4.52. The van der Waals surface area contributed by atoms with Crippen molar-refractivity contribution in [3.8, 4) is 0 Å². The first kappa shape index (κ1) is 16.7. The minimum absolute atomic E-state index is 0.137. The lowest BCUT2D eigenvalue weighted by Gasteiger charge is -2.17. The Morgan fingerprint density at radius 1 is 1.12 bits per heavy atom. The van der Waals surface area contributed by atoms with E-state index in [0.717, 1.165) is 57.1 Å². The fourth-order valence-electron chi connectivity index (χ4n) is 3.21. The Morgan fingerprint density at radius 3 is 2.71 bits per heavy atom. The van der Waals surface area contributed by atoms with Crippen molar-refractivity contribution >= 4 is 11.9 Å². The molecule has 0 saturated carbocycles. The molecule has 0 radical (unpaired) electrons. The van der Waals surface area contributed by atoms with Crippen LogP contribution in [0, 0.1) is 0 Å². The van der Waals surface area contributed by atoms with Crippen LogP contribution in [0.1, 0.15) is 44.3 Å². The minimum atomic E-state index is 0.137. The molecule has 1 aromatic heterocycles. The molecule has 2 aliphatic rings. The van der Waals surface area contributed by atoms with Crippen molar-refractivity contribution in [1.82, 2.24) is 30.3 Å². The number of nitrogens with zero attached hydrogens (tertiary/aromatic N) is 5. The first-order valence-electron chi connectivity index (χ1n) is 8.99. The second kappa shape index (κ2) is 8.12. The normalized spacial score (nSPS) is 17.7. The van der Waals surface area contributed by atoms with Crippen LogP contribution in [0.5, 0.6) is 0 Å². The van der Waals surface area contributed by atoms with Gasteiger partial charge in [0.1, 0.15) is 12.4 Å². The maximum absolute atomic E-state index is 12.1. The summed E-state index contributed by atoms with van der Waals surface area (Å²) in [5.41, 5.74) is 0. The van der Waals surface area contributed by atoms with E-state index >= 15 is 0 Å². The van der Waals surface area contributed by atoms with Crippen LogP contribution in [0.25, 0.3) is 0 Å². The average molecular weight is 333 g/mol. The van der Waals surface area contributed by atoms with E-state index in [1.807, 2.05) is 11.8 Å². The van der Waals surface area contributed by atoms with Crippen molar-refractivity contribution in [2.75, 3.05) is 26.2 Å². The number of nitrogens with one attached hydrogen (secondary N) is 2. The van der Waals surface area contributed by atoms with Crippen LogP contribution in [0.3, 0.4) is 0 Å². The van der Waals surface area contributed by atoms with Gasteiger partial charge in [-0.15, -0.1) is 10.2 Å². The Balaban J connectivity index is 1.57. The number of rotatable bonds is 5. The number of hydrogen-bond donors (Lipinski definition) is 2. The van der Waals surface area contributed by atoms with Gasteiger partial charge in [-0.25, -0.2) is 4.99 Å². The number of aliphatic imine (C=N–C) groups is 1. The Bertz CT molecular complexity index is 589. The van der Waals surface area contributed by atoms with Crippen LogP contribution in [0.15, 0.2) is 4.99 Å². The number of likely N-dealkylation sites (tertiary alicyclic amines) is 1. The van der Waals surface area contributed by atoms with E-state index in [1.54, 1.807) is 0 Å². The van der Waals surface area contributed by atoms with E-state index in [4.69, 9.17) is 0 Å². The van der Waals surface area contributed by atoms with Crippen LogP contribution in [-0.4, -0.2) is 57.7 Å². The molecular formula is C16H27N7O. The average Bonchev–Trinajstić information content (AvgIpc) is 3.27. The van der Waals surface area contributed by atoms with Crippen molar-refractivity contribution in [1.29, 1.82) is 0 Å². The largest absolute Gasteiger partial charge is 0.357 e. The van der Waals surface area contributed by atoms with Crippen molar-refractivity contribution in [3.63, 3.8) is 0 Å². The number of guanidine groups is 1. The van der Waals surface area contributed by atoms with Gasteiger partial charge >= 0.3 is 0 Å². The topological polar surface area (TPSA) is 87.4 Å². The zero-order chi connectivity index (χ0) is 16.8. The molecule has 3 rings (SSSR count). The van der Waals surface area contributed by atoms with Crippen LogP contribution >= 0.6 is 0 Å². The highest BCUT2D eigenvalue weighted by Gasteiger charge is 2.18. The molecule has 0 bridgehead atoms. The summed E-state index contributed by atoms with van der Waals surface area (Å²) in [6.07, 6.45) is 5.57. The Kier molecular flexibility index (Phi) is 5.66. The van der Waals surface area contributed by atoms with E-state index < -0.39 is 0 Å². The summed E-state index contributed by atoms with van der Waals surface area (Å²) in [5.74, 6) is 2.75. The zero-order valence-corrected chi connectivity index (χ0v) is 14.4. The second-order valence-electron chi connectivity index (χ2n) is 6.28. The molecule has 2 N–H and O–H groups in total. The summed E-state index contributed by atoms with van der Waals surface area (Å²) in [7, 11) is 0. The van der Waals surface area contributed by atoms with Crippen LogP contribution in [0.4, 0.5) is 0 Å². The number of carbonyl (C=O) groups is 1. The van der Waals surface area contributed by atoms with Crippen LogP contribution in [0.2, 0.25) is 0 Å². The molecule has 24 heavy (non-hydrogen) atoms. The minimum Gasteiger partial charge on any atom is -0.357 e. The van der Waals surface area contributed by atoms with E-state index in [-0.39, 0.29) is 12.5 Å². The maximum Gasteiger partial charge on any atom is 0.241 e. The Morgan fingerprint density at radius 2 is 1.92 bits per heavy atom. The summed E-state index contributed by atoms with van der Waals surface area (Å²) >= 11 is 0. The monoisotopic (exact) mass is 333 g/mol. The van der Waals surface area contributed by atoms with Crippen LogP contribution < -0.4 is 10.6 Å². The van der Waals surface area contributed by atoms with Crippen LogP contribution in [-0.2, 0) is 24.3 Å². The molecule has 8 nitrogen and oxygen atoms in total. The molecule has 0 unspecified atom stereocenters. The third-order valence-electron chi connectivity index (χ3n) is 4.52. The first-order chi connectivity index (χ1) is 11.8. The summed E-state index contributed by atoms with van der Waals surface area (Å²) in [4.78, 5) is 18.6. The van der Waals surface area contributed by atoms with Gasteiger partial charge in [-0.2, -0.15) is 0 Å². The molecule has 8 heteroatoms. The van der Waals surface area contributed by atoms with Gasteiger partial charge in [0.05, 0.1) is 6.54 Å². The number of aryl methyl sites for hydroxylation is 1. The quantitative estimate of drug-likeness (QED) is 0.597. The van der Waals surface area contributed by atoms with Gasteiger partial charge < -0.3 is 20.1 Å². The third kappa shape index (κ3) is 4.04. The smallest absolute Gasteiger partial charge is 0.241 e. The van der Waals surface area contributed by atoms with E-state index in [2.05, 4.69) is 30.4 Å². The highest BCUT2D eigenvalue weighted by molar-refractivity contribution is 5.86. The number of hydrogen-bond acceptors (Lipinski definition) is 4. The van der Waals surface area contributed by atoms with Gasteiger partial charge in [0.15, 0.2) is 11.8 Å². The molecule has 3 heterocycles. The predicted molar refractivity (Wildman–Crippen MR) is 91.6 cm³/mol.